The maximum atomic E-state index is 13.2. The van der Waals surface area contributed by atoms with Gasteiger partial charge < -0.3 is 14.5 Å². The minimum atomic E-state index is -0.449. The summed E-state index contributed by atoms with van der Waals surface area (Å²) in [6, 6.07) is 8.10. The largest absolute Gasteiger partial charge is 0.465 e. The summed E-state index contributed by atoms with van der Waals surface area (Å²) in [6.45, 7) is 1.86. The van der Waals surface area contributed by atoms with E-state index in [1.54, 1.807) is 6.08 Å². The number of allylic oxidation sites excluding steroid dienone is 1. The molecule has 1 aliphatic heterocycles. The standard InChI is InChI=1S/C22H28N2O3/c1-15-20(22(26)27-4)19(14-16-10-12-17(13-11-16)23(2)3)21(25)24(15)18-8-6-5-7-9-18/h10-14,18H,5-9H2,1-4H3/b19-14-. The lowest BCUT2D eigenvalue weighted by molar-refractivity contribution is -0.136. The number of carbonyl (C=O) groups is 2. The fraction of sp³-hybridized carbons (Fsp3) is 0.455. The van der Waals surface area contributed by atoms with Gasteiger partial charge in [0.1, 0.15) is 0 Å². The van der Waals surface area contributed by atoms with Gasteiger partial charge in [-0.3, -0.25) is 4.79 Å². The number of benzene rings is 1. The van der Waals surface area contributed by atoms with Gasteiger partial charge in [0.05, 0.1) is 18.3 Å². The predicted octanol–water partition coefficient (Wildman–Crippen LogP) is 3.76. The van der Waals surface area contributed by atoms with Crippen LogP contribution in [-0.4, -0.2) is 44.0 Å². The molecule has 0 bridgehead atoms. The lowest BCUT2D eigenvalue weighted by atomic mass is 9.94. The van der Waals surface area contributed by atoms with Crippen molar-refractivity contribution in [2.75, 3.05) is 26.1 Å². The second-order valence-electron chi connectivity index (χ2n) is 7.46. The number of hydrogen-bond donors (Lipinski definition) is 0. The van der Waals surface area contributed by atoms with Gasteiger partial charge in [0, 0.05) is 31.5 Å². The van der Waals surface area contributed by atoms with Crippen molar-refractivity contribution in [3.05, 3.63) is 46.7 Å². The van der Waals surface area contributed by atoms with Crippen molar-refractivity contribution in [2.45, 2.75) is 45.1 Å². The van der Waals surface area contributed by atoms with Gasteiger partial charge in [-0.1, -0.05) is 31.4 Å². The van der Waals surface area contributed by atoms with Gasteiger partial charge in [0.2, 0.25) is 0 Å². The van der Waals surface area contributed by atoms with E-state index in [1.165, 1.54) is 13.5 Å². The monoisotopic (exact) mass is 368 g/mol. The first-order chi connectivity index (χ1) is 12.9. The molecule has 5 heteroatoms. The summed E-state index contributed by atoms with van der Waals surface area (Å²) in [6.07, 6.45) is 7.25. The second kappa shape index (κ2) is 7.99. The third-order valence-electron chi connectivity index (χ3n) is 5.49. The molecule has 0 unspecified atom stereocenters. The van der Waals surface area contributed by atoms with E-state index in [-0.39, 0.29) is 11.9 Å². The number of ether oxygens (including phenoxy) is 1. The van der Waals surface area contributed by atoms with Crippen molar-refractivity contribution >= 4 is 23.6 Å². The highest BCUT2D eigenvalue weighted by atomic mass is 16.5. The first-order valence-corrected chi connectivity index (χ1v) is 9.56. The van der Waals surface area contributed by atoms with Crippen molar-refractivity contribution in [2.24, 2.45) is 0 Å². The minimum Gasteiger partial charge on any atom is -0.465 e. The van der Waals surface area contributed by atoms with Crippen molar-refractivity contribution < 1.29 is 14.3 Å². The molecule has 0 spiro atoms. The molecule has 3 rings (SSSR count). The summed E-state index contributed by atoms with van der Waals surface area (Å²) in [4.78, 5) is 29.5. The highest BCUT2D eigenvalue weighted by molar-refractivity contribution is 6.16. The zero-order valence-corrected chi connectivity index (χ0v) is 16.6. The van der Waals surface area contributed by atoms with Crippen LogP contribution in [0.25, 0.3) is 6.08 Å². The Bertz CT molecular complexity index is 784. The zero-order chi connectivity index (χ0) is 19.6. The minimum absolute atomic E-state index is 0.0866. The van der Waals surface area contributed by atoms with Crippen LogP contribution in [0.1, 0.15) is 44.6 Å². The zero-order valence-electron chi connectivity index (χ0n) is 16.6. The summed E-state index contributed by atoms with van der Waals surface area (Å²) < 4.78 is 4.98. The van der Waals surface area contributed by atoms with E-state index in [2.05, 4.69) is 0 Å². The summed E-state index contributed by atoms with van der Waals surface area (Å²) in [5, 5.41) is 0. The lowest BCUT2D eigenvalue weighted by Gasteiger charge is -2.32. The maximum absolute atomic E-state index is 13.2. The fourth-order valence-electron chi connectivity index (χ4n) is 4.01. The van der Waals surface area contributed by atoms with Crippen LogP contribution in [0.2, 0.25) is 0 Å². The van der Waals surface area contributed by atoms with E-state index in [4.69, 9.17) is 4.74 Å². The van der Waals surface area contributed by atoms with Gasteiger partial charge in [-0.25, -0.2) is 4.79 Å². The fourth-order valence-corrected chi connectivity index (χ4v) is 4.01. The molecule has 0 radical (unpaired) electrons. The Morgan fingerprint density at radius 1 is 1.15 bits per heavy atom. The molecule has 0 aromatic heterocycles. The molecule has 2 aliphatic rings. The van der Waals surface area contributed by atoms with Crippen LogP contribution in [-0.2, 0) is 14.3 Å². The number of rotatable bonds is 4. The van der Waals surface area contributed by atoms with Gasteiger partial charge in [-0.2, -0.15) is 0 Å². The van der Waals surface area contributed by atoms with E-state index in [9.17, 15) is 9.59 Å². The summed E-state index contributed by atoms with van der Waals surface area (Å²) >= 11 is 0. The van der Waals surface area contributed by atoms with Crippen LogP contribution in [0.5, 0.6) is 0 Å². The molecule has 5 nitrogen and oxygen atoms in total. The van der Waals surface area contributed by atoms with Gasteiger partial charge >= 0.3 is 5.97 Å². The van der Waals surface area contributed by atoms with Crippen LogP contribution in [0.4, 0.5) is 5.69 Å². The average molecular weight is 368 g/mol. The highest BCUT2D eigenvalue weighted by Gasteiger charge is 2.40. The van der Waals surface area contributed by atoms with Crippen molar-refractivity contribution in [1.29, 1.82) is 0 Å². The van der Waals surface area contributed by atoms with Gasteiger partial charge in [0.25, 0.3) is 5.91 Å². The predicted molar refractivity (Wildman–Crippen MR) is 107 cm³/mol. The molecule has 1 fully saturated rings. The lowest BCUT2D eigenvalue weighted by Crippen LogP contribution is -2.37. The Morgan fingerprint density at radius 3 is 2.33 bits per heavy atom. The van der Waals surface area contributed by atoms with Crippen LogP contribution >= 0.6 is 0 Å². The quantitative estimate of drug-likeness (QED) is 0.600. The third kappa shape index (κ3) is 3.77. The Hall–Kier alpha value is -2.56. The Balaban J connectivity index is 1.99. The molecular formula is C22H28N2O3. The SMILES string of the molecule is COC(=O)C1=C(C)N(C2CCCCC2)C(=O)/C1=C\c1ccc(N(C)C)cc1. The first kappa shape index (κ1) is 19.2. The topological polar surface area (TPSA) is 49.9 Å². The van der Waals surface area contributed by atoms with Crippen LogP contribution in [0.15, 0.2) is 41.1 Å². The van der Waals surface area contributed by atoms with E-state index in [0.717, 1.165) is 42.6 Å². The normalized spacial score (nSPS) is 19.8. The number of hydrogen-bond acceptors (Lipinski definition) is 4. The second-order valence-corrected chi connectivity index (χ2v) is 7.46. The van der Waals surface area contributed by atoms with Crippen molar-refractivity contribution in [3.63, 3.8) is 0 Å². The highest BCUT2D eigenvalue weighted by Crippen LogP contribution is 2.36. The van der Waals surface area contributed by atoms with Gasteiger partial charge in [-0.15, -0.1) is 0 Å². The number of esters is 1. The maximum Gasteiger partial charge on any atom is 0.340 e. The molecule has 0 N–H and O–H groups in total. The summed E-state index contributed by atoms with van der Waals surface area (Å²) in [5.74, 6) is -0.535. The molecule has 1 heterocycles. The van der Waals surface area contributed by atoms with Crippen molar-refractivity contribution in [1.82, 2.24) is 4.90 Å². The molecule has 1 aromatic carbocycles. The molecule has 27 heavy (non-hydrogen) atoms. The number of carbonyl (C=O) groups excluding carboxylic acids is 2. The molecule has 1 aromatic rings. The van der Waals surface area contributed by atoms with Crippen molar-refractivity contribution in [3.8, 4) is 0 Å². The van der Waals surface area contributed by atoms with Gasteiger partial charge in [-0.05, 0) is 43.5 Å². The number of anilines is 1. The van der Waals surface area contributed by atoms with E-state index in [1.807, 2.05) is 55.1 Å². The van der Waals surface area contributed by atoms with Crippen LogP contribution in [0, 0.1) is 0 Å². The number of amides is 1. The Kier molecular flexibility index (Phi) is 5.68. The van der Waals surface area contributed by atoms with E-state index in [0.29, 0.717) is 11.1 Å². The molecular weight excluding hydrogens is 340 g/mol. The number of methoxy groups -OCH3 is 1. The van der Waals surface area contributed by atoms with E-state index < -0.39 is 5.97 Å². The first-order valence-electron chi connectivity index (χ1n) is 9.56. The molecule has 1 aliphatic carbocycles. The summed E-state index contributed by atoms with van der Waals surface area (Å²) in [7, 11) is 5.33. The van der Waals surface area contributed by atoms with E-state index >= 15 is 0 Å². The Labute approximate surface area is 161 Å². The Morgan fingerprint density at radius 2 is 1.78 bits per heavy atom. The average Bonchev–Trinajstić information content (AvgIpc) is 2.92. The van der Waals surface area contributed by atoms with Crippen LogP contribution < -0.4 is 4.90 Å². The number of nitrogens with zero attached hydrogens (tertiary/aromatic N) is 2. The molecule has 1 saturated carbocycles. The summed E-state index contributed by atoms with van der Waals surface area (Å²) in [5.41, 5.74) is 3.52. The van der Waals surface area contributed by atoms with Crippen LogP contribution in [0.3, 0.4) is 0 Å². The molecule has 144 valence electrons. The smallest absolute Gasteiger partial charge is 0.340 e. The van der Waals surface area contributed by atoms with Gasteiger partial charge in [0.15, 0.2) is 0 Å². The molecule has 1 amide bonds. The molecule has 0 saturated heterocycles. The molecule has 0 atom stereocenters. The third-order valence-corrected chi connectivity index (χ3v) is 5.49.